The number of carboxylic acids is 1. The molecule has 3 aromatic rings. The van der Waals surface area contributed by atoms with Crippen LogP contribution in [0, 0.1) is 5.82 Å². The molecule has 2 heterocycles. The van der Waals surface area contributed by atoms with Crippen LogP contribution < -0.4 is 11.1 Å². The summed E-state index contributed by atoms with van der Waals surface area (Å²) in [6, 6.07) is 3.79. The van der Waals surface area contributed by atoms with E-state index in [2.05, 4.69) is 4.98 Å². The molecule has 0 aliphatic heterocycles. The second kappa shape index (κ2) is 4.02. The number of aromatic nitrogens is 1. The molecule has 0 radical (unpaired) electrons. The Hall–Kier alpha value is -2.96. The minimum absolute atomic E-state index is 0.0453. The molecule has 6 nitrogen and oxygen atoms in total. The first-order valence-electron chi connectivity index (χ1n) is 5.50. The van der Waals surface area contributed by atoms with Crippen molar-refractivity contribution in [1.82, 2.24) is 4.98 Å². The van der Waals surface area contributed by atoms with E-state index in [1.54, 1.807) is 0 Å². The molecule has 0 bridgehead atoms. The molecular formula is C13H6FNO5. The van der Waals surface area contributed by atoms with Crippen LogP contribution in [-0.2, 0) is 0 Å². The van der Waals surface area contributed by atoms with Gasteiger partial charge in [0, 0.05) is 11.6 Å². The average molecular weight is 275 g/mol. The number of halogens is 1. The van der Waals surface area contributed by atoms with Crippen molar-refractivity contribution < 1.29 is 18.7 Å². The van der Waals surface area contributed by atoms with Crippen LogP contribution in [-0.4, -0.2) is 16.1 Å². The van der Waals surface area contributed by atoms with Gasteiger partial charge in [-0.2, -0.15) is 0 Å². The molecule has 0 atom stereocenters. The fraction of sp³-hybridized carbons (Fsp3) is 0. The van der Waals surface area contributed by atoms with Crippen molar-refractivity contribution in [3.63, 3.8) is 0 Å². The lowest BCUT2D eigenvalue weighted by atomic mass is 10.1. The highest BCUT2D eigenvalue weighted by atomic mass is 19.1. The van der Waals surface area contributed by atoms with Crippen molar-refractivity contribution in [1.29, 1.82) is 0 Å². The normalized spacial score (nSPS) is 11.1. The molecule has 0 aliphatic rings. The third kappa shape index (κ3) is 1.53. The number of rotatable bonds is 1. The smallest absolute Gasteiger partial charge is 0.361 e. The third-order valence-electron chi connectivity index (χ3n) is 2.95. The highest BCUT2D eigenvalue weighted by molar-refractivity contribution is 6.05. The summed E-state index contributed by atoms with van der Waals surface area (Å²) in [5, 5.41) is 8.77. The number of fused-ring (bicyclic) bond motifs is 3. The summed E-state index contributed by atoms with van der Waals surface area (Å²) >= 11 is 0. The van der Waals surface area contributed by atoms with Gasteiger partial charge in [0.1, 0.15) is 11.1 Å². The highest BCUT2D eigenvalue weighted by Crippen LogP contribution is 2.21. The predicted octanol–water partition coefficient (Wildman–Crippen LogP) is 1.47. The van der Waals surface area contributed by atoms with E-state index in [9.17, 15) is 18.8 Å². The van der Waals surface area contributed by atoms with E-state index in [0.29, 0.717) is 0 Å². The molecule has 20 heavy (non-hydrogen) atoms. The summed E-state index contributed by atoms with van der Waals surface area (Å²) in [7, 11) is 0. The summed E-state index contributed by atoms with van der Waals surface area (Å²) in [6.45, 7) is 0. The topological polar surface area (TPSA) is 100 Å². The van der Waals surface area contributed by atoms with Crippen LogP contribution in [0.25, 0.3) is 21.9 Å². The lowest BCUT2D eigenvalue weighted by Gasteiger charge is -2.03. The maximum atomic E-state index is 13.6. The van der Waals surface area contributed by atoms with Crippen LogP contribution in [0.2, 0.25) is 0 Å². The molecule has 2 aromatic heterocycles. The maximum Gasteiger partial charge on any atom is 0.361 e. The van der Waals surface area contributed by atoms with Gasteiger partial charge in [-0.3, -0.25) is 4.79 Å². The van der Waals surface area contributed by atoms with Gasteiger partial charge in [-0.05, 0) is 6.07 Å². The lowest BCUT2D eigenvalue weighted by molar-refractivity contribution is 0.0695. The molecule has 3 rings (SSSR count). The molecule has 0 amide bonds. The minimum Gasteiger partial charge on any atom is -0.477 e. The number of hydrogen-bond donors (Lipinski definition) is 2. The van der Waals surface area contributed by atoms with E-state index < -0.39 is 28.4 Å². The van der Waals surface area contributed by atoms with Gasteiger partial charge in [-0.1, -0.05) is 12.1 Å². The molecule has 0 saturated heterocycles. The average Bonchev–Trinajstić information content (AvgIpc) is 2.40. The van der Waals surface area contributed by atoms with Crippen molar-refractivity contribution in [3.05, 3.63) is 56.4 Å². The Morgan fingerprint density at radius 2 is 2.05 bits per heavy atom. The number of benzene rings is 1. The first-order chi connectivity index (χ1) is 9.50. The summed E-state index contributed by atoms with van der Waals surface area (Å²) < 4.78 is 18.4. The minimum atomic E-state index is -1.44. The third-order valence-corrected chi connectivity index (χ3v) is 2.95. The van der Waals surface area contributed by atoms with Crippen molar-refractivity contribution in [2.24, 2.45) is 0 Å². The Kier molecular flexibility index (Phi) is 2.43. The SMILES string of the molecule is O=C(O)c1c[nH]c2c(=O)oc3c(F)cccc3c2c1=O. The zero-order valence-electron chi connectivity index (χ0n) is 9.77. The standard InChI is InChI=1S/C13H6FNO5/c14-7-3-1-2-5-8-9(13(19)20-11(5)7)15-4-6(10(8)16)12(17)18/h1-4H,(H,15,16)(H,17,18). The van der Waals surface area contributed by atoms with Crippen molar-refractivity contribution in [3.8, 4) is 0 Å². The zero-order chi connectivity index (χ0) is 14.4. The van der Waals surface area contributed by atoms with Crippen LogP contribution in [0.1, 0.15) is 10.4 Å². The van der Waals surface area contributed by atoms with Crippen LogP contribution >= 0.6 is 0 Å². The second-order valence-corrected chi connectivity index (χ2v) is 4.09. The highest BCUT2D eigenvalue weighted by Gasteiger charge is 2.18. The lowest BCUT2D eigenvalue weighted by Crippen LogP contribution is -2.18. The number of pyridine rings is 1. The largest absolute Gasteiger partial charge is 0.477 e. The number of aromatic carboxylic acids is 1. The molecule has 2 N–H and O–H groups in total. The molecule has 0 fully saturated rings. The fourth-order valence-electron chi connectivity index (χ4n) is 2.06. The predicted molar refractivity (Wildman–Crippen MR) is 67.5 cm³/mol. The van der Waals surface area contributed by atoms with Crippen LogP contribution in [0.4, 0.5) is 4.39 Å². The molecule has 0 spiro atoms. The van der Waals surface area contributed by atoms with Crippen LogP contribution in [0.5, 0.6) is 0 Å². The molecule has 0 saturated carbocycles. The number of carbonyl (C=O) groups is 1. The second-order valence-electron chi connectivity index (χ2n) is 4.09. The molecular weight excluding hydrogens is 269 g/mol. The fourth-order valence-corrected chi connectivity index (χ4v) is 2.06. The first kappa shape index (κ1) is 12.1. The molecule has 100 valence electrons. The van der Waals surface area contributed by atoms with Crippen LogP contribution in [0.15, 0.2) is 38.4 Å². The first-order valence-corrected chi connectivity index (χ1v) is 5.50. The number of aromatic amines is 1. The van der Waals surface area contributed by atoms with E-state index in [4.69, 9.17) is 9.52 Å². The van der Waals surface area contributed by atoms with Gasteiger partial charge in [0.2, 0.25) is 5.43 Å². The molecule has 0 aliphatic carbocycles. The van der Waals surface area contributed by atoms with E-state index >= 15 is 0 Å². The Balaban J connectivity index is 2.70. The number of hydrogen-bond acceptors (Lipinski definition) is 4. The van der Waals surface area contributed by atoms with Gasteiger partial charge in [0.15, 0.2) is 11.4 Å². The Morgan fingerprint density at radius 1 is 1.30 bits per heavy atom. The number of para-hydroxylation sites is 1. The van der Waals surface area contributed by atoms with Crippen molar-refractivity contribution in [2.75, 3.05) is 0 Å². The van der Waals surface area contributed by atoms with Gasteiger partial charge in [-0.15, -0.1) is 0 Å². The summed E-state index contributed by atoms with van der Waals surface area (Å²) in [5.74, 6) is -2.24. The molecule has 7 heteroatoms. The van der Waals surface area contributed by atoms with Crippen molar-refractivity contribution in [2.45, 2.75) is 0 Å². The Labute approximate surface area is 109 Å². The number of nitrogens with one attached hydrogen (secondary N) is 1. The monoisotopic (exact) mass is 275 g/mol. The summed E-state index contributed by atoms with van der Waals surface area (Å²) in [6.07, 6.45) is 0.912. The van der Waals surface area contributed by atoms with E-state index in [0.717, 1.165) is 12.3 Å². The number of carboxylic acid groups (broad SMARTS) is 1. The summed E-state index contributed by atoms with van der Waals surface area (Å²) in [5.41, 5.74) is -2.91. The van der Waals surface area contributed by atoms with Gasteiger partial charge in [0.25, 0.3) is 0 Å². The molecule has 1 aromatic carbocycles. The van der Waals surface area contributed by atoms with Gasteiger partial charge >= 0.3 is 11.6 Å². The number of H-pyrrole nitrogens is 1. The zero-order valence-corrected chi connectivity index (χ0v) is 9.77. The Morgan fingerprint density at radius 3 is 2.75 bits per heavy atom. The molecule has 0 unspecified atom stereocenters. The van der Waals surface area contributed by atoms with Gasteiger partial charge < -0.3 is 14.5 Å². The van der Waals surface area contributed by atoms with E-state index in [1.807, 2.05) is 0 Å². The maximum absolute atomic E-state index is 13.6. The van der Waals surface area contributed by atoms with E-state index in [-0.39, 0.29) is 21.9 Å². The van der Waals surface area contributed by atoms with E-state index in [1.165, 1.54) is 12.1 Å². The van der Waals surface area contributed by atoms with Crippen molar-refractivity contribution >= 4 is 27.8 Å². The quantitative estimate of drug-likeness (QED) is 0.517. The summed E-state index contributed by atoms with van der Waals surface area (Å²) in [4.78, 5) is 37.2. The van der Waals surface area contributed by atoms with Gasteiger partial charge in [0.05, 0.1) is 5.39 Å². The van der Waals surface area contributed by atoms with Crippen LogP contribution in [0.3, 0.4) is 0 Å². The van der Waals surface area contributed by atoms with Gasteiger partial charge in [-0.25, -0.2) is 14.0 Å². The Bertz CT molecular complexity index is 986.